The van der Waals surface area contributed by atoms with Crippen LogP contribution >= 0.6 is 0 Å². The van der Waals surface area contributed by atoms with E-state index in [2.05, 4.69) is 81.1 Å². The van der Waals surface area contributed by atoms with Gasteiger partial charge in [0.1, 0.15) is 11.0 Å². The monoisotopic (exact) mass is 410 g/mol. The molecule has 4 heteroatoms. The molecule has 3 nitrogen and oxygen atoms in total. The van der Waals surface area contributed by atoms with Gasteiger partial charge in [0.15, 0.2) is 0 Å². The molecule has 0 aromatic heterocycles. The third-order valence-electron chi connectivity index (χ3n) is 6.03. The molecule has 0 saturated heterocycles. The standard InChI is InChI=1S/C15H20N2OS.C10H14/c1-2-8-17-19(18)12-6-7-15-14(9-12)13-5-3-4-11(13)10-16-15;1-7-5-9(3)10(4)6-8(7)2/h3,5-7,9,11,13,16-17H,2,4,8,10H2,1H3;5-6H,1-4H3. The maximum absolute atomic E-state index is 12.1. The SMILES string of the molecule is CCCNS(=O)c1ccc2c(c1)C1C=CCC1CN2.Cc1cc(C)c(C)cc1C. The topological polar surface area (TPSA) is 41.1 Å². The van der Waals surface area contributed by atoms with Gasteiger partial charge in [-0.1, -0.05) is 31.2 Å². The number of anilines is 1. The van der Waals surface area contributed by atoms with Crippen LogP contribution in [0.4, 0.5) is 5.69 Å². The molecule has 2 aliphatic rings. The van der Waals surface area contributed by atoms with E-state index in [1.165, 1.54) is 33.5 Å². The molecule has 156 valence electrons. The summed E-state index contributed by atoms with van der Waals surface area (Å²) < 4.78 is 15.2. The summed E-state index contributed by atoms with van der Waals surface area (Å²) in [6.45, 7) is 12.5. The van der Waals surface area contributed by atoms with Gasteiger partial charge in [0, 0.05) is 24.7 Å². The van der Waals surface area contributed by atoms with Gasteiger partial charge in [-0.2, -0.15) is 0 Å². The molecule has 2 aromatic carbocycles. The number of hydrogen-bond donors (Lipinski definition) is 2. The minimum atomic E-state index is -1.09. The van der Waals surface area contributed by atoms with Gasteiger partial charge >= 0.3 is 0 Å². The third kappa shape index (κ3) is 5.18. The minimum absolute atomic E-state index is 0.499. The average molecular weight is 411 g/mol. The number of aryl methyl sites for hydroxylation is 4. The normalized spacial score (nSPS) is 20.2. The van der Waals surface area contributed by atoms with Crippen molar-refractivity contribution in [1.29, 1.82) is 0 Å². The van der Waals surface area contributed by atoms with Crippen LogP contribution in [0.3, 0.4) is 0 Å². The number of nitrogens with one attached hydrogen (secondary N) is 2. The van der Waals surface area contributed by atoms with E-state index >= 15 is 0 Å². The van der Waals surface area contributed by atoms with Gasteiger partial charge in [0.05, 0.1) is 4.90 Å². The highest BCUT2D eigenvalue weighted by Crippen LogP contribution is 2.42. The van der Waals surface area contributed by atoms with E-state index in [4.69, 9.17) is 0 Å². The highest BCUT2D eigenvalue weighted by Gasteiger charge is 2.30. The molecule has 0 radical (unpaired) electrons. The lowest BCUT2D eigenvalue weighted by molar-refractivity contribution is 0.522. The van der Waals surface area contributed by atoms with Crippen LogP contribution < -0.4 is 10.0 Å². The molecular formula is C25H34N2OS. The van der Waals surface area contributed by atoms with E-state index in [0.29, 0.717) is 11.8 Å². The molecule has 2 aromatic rings. The second-order valence-corrected chi connectivity index (χ2v) is 9.56. The number of fused-ring (bicyclic) bond motifs is 3. The lowest BCUT2D eigenvalue weighted by Crippen LogP contribution is -2.25. The van der Waals surface area contributed by atoms with Crippen molar-refractivity contribution in [3.05, 3.63) is 70.3 Å². The van der Waals surface area contributed by atoms with E-state index in [-0.39, 0.29) is 0 Å². The zero-order valence-electron chi connectivity index (χ0n) is 18.3. The van der Waals surface area contributed by atoms with Crippen molar-refractivity contribution in [2.75, 3.05) is 18.4 Å². The van der Waals surface area contributed by atoms with Gasteiger partial charge in [-0.3, -0.25) is 0 Å². The van der Waals surface area contributed by atoms with Crippen LogP contribution in [0.1, 0.15) is 53.5 Å². The Kier molecular flexibility index (Phi) is 7.31. The van der Waals surface area contributed by atoms with Crippen molar-refractivity contribution in [3.8, 4) is 0 Å². The summed E-state index contributed by atoms with van der Waals surface area (Å²) in [5.41, 5.74) is 8.07. The Balaban J connectivity index is 0.000000204. The highest BCUT2D eigenvalue weighted by molar-refractivity contribution is 7.83. The van der Waals surface area contributed by atoms with Gasteiger partial charge in [-0.25, -0.2) is 8.93 Å². The fraction of sp³-hybridized carbons (Fsp3) is 0.440. The Hall–Kier alpha value is -1.91. The quantitative estimate of drug-likeness (QED) is 0.634. The molecule has 0 fully saturated rings. The fourth-order valence-electron chi connectivity index (χ4n) is 3.99. The first kappa shape index (κ1) is 21.8. The zero-order valence-corrected chi connectivity index (χ0v) is 19.2. The third-order valence-corrected chi connectivity index (χ3v) is 7.18. The van der Waals surface area contributed by atoms with Crippen LogP contribution in [0, 0.1) is 33.6 Å². The molecule has 1 heterocycles. The predicted octanol–water partition coefficient (Wildman–Crippen LogP) is 5.71. The second-order valence-electron chi connectivity index (χ2n) is 8.26. The van der Waals surface area contributed by atoms with Crippen LogP contribution in [0.2, 0.25) is 0 Å². The molecule has 3 unspecified atom stereocenters. The first-order valence-electron chi connectivity index (χ1n) is 10.6. The first-order valence-corrected chi connectivity index (χ1v) is 11.8. The molecule has 0 spiro atoms. The molecular weight excluding hydrogens is 376 g/mol. The lowest BCUT2D eigenvalue weighted by Gasteiger charge is -2.29. The Morgan fingerprint density at radius 3 is 2.31 bits per heavy atom. The summed E-state index contributed by atoms with van der Waals surface area (Å²) >= 11 is 0. The van der Waals surface area contributed by atoms with Crippen molar-refractivity contribution in [2.24, 2.45) is 5.92 Å². The summed E-state index contributed by atoms with van der Waals surface area (Å²) in [4.78, 5) is 0.884. The maximum atomic E-state index is 12.1. The molecule has 1 aliphatic carbocycles. The summed E-state index contributed by atoms with van der Waals surface area (Å²) in [6.07, 6.45) is 6.71. The van der Waals surface area contributed by atoms with E-state index < -0.39 is 11.0 Å². The van der Waals surface area contributed by atoms with Crippen molar-refractivity contribution in [3.63, 3.8) is 0 Å². The highest BCUT2D eigenvalue weighted by atomic mass is 32.2. The van der Waals surface area contributed by atoms with Crippen molar-refractivity contribution < 1.29 is 4.21 Å². The summed E-state index contributed by atoms with van der Waals surface area (Å²) in [5.74, 6) is 1.17. The first-order chi connectivity index (χ1) is 13.9. The molecule has 29 heavy (non-hydrogen) atoms. The Morgan fingerprint density at radius 1 is 1.03 bits per heavy atom. The molecule has 3 atom stereocenters. The maximum Gasteiger partial charge on any atom is 0.124 e. The van der Waals surface area contributed by atoms with Gasteiger partial charge in [-0.05, 0) is 92.5 Å². The lowest BCUT2D eigenvalue weighted by atomic mass is 9.85. The smallest absolute Gasteiger partial charge is 0.124 e. The van der Waals surface area contributed by atoms with Crippen molar-refractivity contribution in [1.82, 2.24) is 4.72 Å². The zero-order chi connectivity index (χ0) is 21.0. The van der Waals surface area contributed by atoms with Gasteiger partial charge in [0.25, 0.3) is 0 Å². The molecule has 1 aliphatic heterocycles. The van der Waals surface area contributed by atoms with E-state index in [9.17, 15) is 4.21 Å². The average Bonchev–Trinajstić information content (AvgIpc) is 3.20. The van der Waals surface area contributed by atoms with E-state index in [1.54, 1.807) is 0 Å². The fourth-order valence-corrected chi connectivity index (χ4v) is 4.97. The molecule has 0 bridgehead atoms. The van der Waals surface area contributed by atoms with Gasteiger partial charge in [0.2, 0.25) is 0 Å². The molecule has 0 saturated carbocycles. The van der Waals surface area contributed by atoms with Gasteiger partial charge < -0.3 is 5.32 Å². The number of rotatable bonds is 4. The van der Waals surface area contributed by atoms with Crippen LogP contribution in [0.5, 0.6) is 0 Å². The Morgan fingerprint density at radius 2 is 1.69 bits per heavy atom. The van der Waals surface area contributed by atoms with Crippen molar-refractivity contribution >= 4 is 16.7 Å². The number of allylic oxidation sites excluding steroid dienone is 2. The Bertz CT molecular complexity index is 869. The van der Waals surface area contributed by atoms with E-state index in [0.717, 1.165) is 30.8 Å². The summed E-state index contributed by atoms with van der Waals surface area (Å²) in [5, 5.41) is 3.48. The minimum Gasteiger partial charge on any atom is -0.384 e. The van der Waals surface area contributed by atoms with Gasteiger partial charge in [-0.15, -0.1) is 0 Å². The van der Waals surface area contributed by atoms with Crippen LogP contribution in [-0.2, 0) is 11.0 Å². The Labute approximate surface area is 178 Å². The number of hydrogen-bond acceptors (Lipinski definition) is 2. The predicted molar refractivity (Wildman–Crippen MR) is 125 cm³/mol. The molecule has 4 rings (SSSR count). The van der Waals surface area contributed by atoms with Crippen LogP contribution in [0.25, 0.3) is 0 Å². The molecule has 0 amide bonds. The largest absolute Gasteiger partial charge is 0.384 e. The van der Waals surface area contributed by atoms with Crippen LogP contribution in [0.15, 0.2) is 47.4 Å². The summed E-state index contributed by atoms with van der Waals surface area (Å²) in [7, 11) is -1.09. The summed E-state index contributed by atoms with van der Waals surface area (Å²) in [6, 6.07) is 10.6. The number of benzene rings is 2. The van der Waals surface area contributed by atoms with E-state index in [1.807, 2.05) is 6.07 Å². The molecule has 2 N–H and O–H groups in total. The van der Waals surface area contributed by atoms with Crippen LogP contribution in [-0.4, -0.2) is 17.3 Å². The second kappa shape index (κ2) is 9.73. The van der Waals surface area contributed by atoms with Crippen molar-refractivity contribution in [2.45, 2.75) is 58.3 Å².